The molecule has 1 aromatic carbocycles. The molecule has 3 heteroatoms. The number of ether oxygens (including phenoxy) is 1. The van der Waals surface area contributed by atoms with Gasteiger partial charge in [-0.1, -0.05) is 25.1 Å². The molecule has 0 aliphatic rings. The van der Waals surface area contributed by atoms with Gasteiger partial charge in [-0.2, -0.15) is 0 Å². The van der Waals surface area contributed by atoms with Crippen molar-refractivity contribution in [3.05, 3.63) is 29.8 Å². The zero-order valence-electron chi connectivity index (χ0n) is 13.2. The van der Waals surface area contributed by atoms with E-state index in [0.29, 0.717) is 6.04 Å². The Balaban J connectivity index is 2.89. The second-order valence-corrected chi connectivity index (χ2v) is 5.60. The maximum Gasteiger partial charge on any atom is 0.123 e. The summed E-state index contributed by atoms with van der Waals surface area (Å²) in [5.41, 5.74) is 1.17. The lowest BCUT2D eigenvalue weighted by Gasteiger charge is -2.38. The van der Waals surface area contributed by atoms with Crippen LogP contribution in [-0.2, 0) is 5.54 Å². The lowest BCUT2D eigenvalue weighted by atomic mass is 9.91. The van der Waals surface area contributed by atoms with Crippen LogP contribution in [0.3, 0.4) is 0 Å². The molecule has 0 heterocycles. The van der Waals surface area contributed by atoms with E-state index in [2.05, 4.69) is 57.1 Å². The van der Waals surface area contributed by atoms with Crippen molar-refractivity contribution in [3.8, 4) is 5.75 Å². The smallest absolute Gasteiger partial charge is 0.123 e. The van der Waals surface area contributed by atoms with E-state index in [1.165, 1.54) is 5.56 Å². The summed E-state index contributed by atoms with van der Waals surface area (Å²) in [5.74, 6) is 0.954. The molecule has 0 radical (unpaired) electrons. The first kappa shape index (κ1) is 16.0. The van der Waals surface area contributed by atoms with E-state index in [1.807, 2.05) is 12.1 Å². The number of nitrogens with one attached hydrogen (secondary N) is 1. The van der Waals surface area contributed by atoms with Gasteiger partial charge in [-0.25, -0.2) is 0 Å². The average Bonchev–Trinajstić information content (AvgIpc) is 2.38. The summed E-state index contributed by atoms with van der Waals surface area (Å²) in [5, 5.41) is 3.46. The van der Waals surface area contributed by atoms with E-state index >= 15 is 0 Å². The Morgan fingerprint density at radius 1 is 1.32 bits per heavy atom. The van der Waals surface area contributed by atoms with Crippen LogP contribution in [0.15, 0.2) is 24.3 Å². The summed E-state index contributed by atoms with van der Waals surface area (Å²) < 4.78 is 5.49. The van der Waals surface area contributed by atoms with Crippen LogP contribution >= 0.6 is 0 Å². The van der Waals surface area contributed by atoms with Crippen molar-refractivity contribution in [1.82, 2.24) is 10.2 Å². The van der Waals surface area contributed by atoms with E-state index < -0.39 is 0 Å². The molecule has 0 aliphatic carbocycles. The molecule has 0 unspecified atom stereocenters. The van der Waals surface area contributed by atoms with Crippen LogP contribution in [0.5, 0.6) is 5.75 Å². The van der Waals surface area contributed by atoms with E-state index in [-0.39, 0.29) is 5.54 Å². The molecular weight excluding hydrogens is 236 g/mol. The zero-order valence-corrected chi connectivity index (χ0v) is 13.2. The van der Waals surface area contributed by atoms with Gasteiger partial charge in [-0.3, -0.25) is 4.90 Å². The van der Waals surface area contributed by atoms with Gasteiger partial charge in [0.25, 0.3) is 0 Å². The topological polar surface area (TPSA) is 24.5 Å². The molecule has 0 saturated heterocycles. The van der Waals surface area contributed by atoms with Gasteiger partial charge in [-0.15, -0.1) is 0 Å². The quantitative estimate of drug-likeness (QED) is 0.819. The van der Waals surface area contributed by atoms with Crippen molar-refractivity contribution in [2.45, 2.75) is 39.3 Å². The van der Waals surface area contributed by atoms with Crippen molar-refractivity contribution in [3.63, 3.8) is 0 Å². The molecule has 0 bridgehead atoms. The van der Waals surface area contributed by atoms with Gasteiger partial charge in [0, 0.05) is 23.7 Å². The monoisotopic (exact) mass is 264 g/mol. The van der Waals surface area contributed by atoms with Gasteiger partial charge in [0.2, 0.25) is 0 Å². The van der Waals surface area contributed by atoms with Crippen LogP contribution in [0.1, 0.15) is 33.3 Å². The molecule has 0 saturated carbocycles. The second-order valence-electron chi connectivity index (χ2n) is 5.60. The van der Waals surface area contributed by atoms with Gasteiger partial charge < -0.3 is 10.1 Å². The van der Waals surface area contributed by atoms with Crippen LogP contribution < -0.4 is 10.1 Å². The number of benzene rings is 1. The summed E-state index contributed by atoms with van der Waals surface area (Å²) in [4.78, 5) is 2.37. The molecule has 0 aromatic heterocycles. The molecule has 0 aliphatic heterocycles. The third-order valence-electron chi connectivity index (χ3n) is 3.82. The summed E-state index contributed by atoms with van der Waals surface area (Å²) in [7, 11) is 3.90. The predicted octanol–water partition coefficient (Wildman–Crippen LogP) is 2.86. The molecule has 1 rings (SSSR count). The van der Waals surface area contributed by atoms with Crippen molar-refractivity contribution < 1.29 is 4.74 Å². The van der Waals surface area contributed by atoms with Crippen LogP contribution in [-0.4, -0.2) is 38.2 Å². The number of rotatable bonds is 7. The molecule has 0 amide bonds. The van der Waals surface area contributed by atoms with Crippen LogP contribution in [0, 0.1) is 0 Å². The Labute approximate surface area is 118 Å². The lowest BCUT2D eigenvalue weighted by molar-refractivity contribution is 0.139. The molecule has 1 N–H and O–H groups in total. The summed E-state index contributed by atoms with van der Waals surface area (Å²) >= 11 is 0. The molecule has 0 spiro atoms. The number of likely N-dealkylation sites (N-methyl/N-ethyl adjacent to an activating group) is 2. The minimum atomic E-state index is -0.0592. The standard InChI is InChI=1S/C16H28N2O/c1-7-17-13(2)12-18(5)16(3,4)14-10-8-9-11-15(14)19-6/h8-11,13,17H,7,12H2,1-6H3/t13-/m0/s1. The Morgan fingerprint density at radius 3 is 2.53 bits per heavy atom. The average molecular weight is 264 g/mol. The predicted molar refractivity (Wildman–Crippen MR) is 81.8 cm³/mol. The third-order valence-corrected chi connectivity index (χ3v) is 3.82. The number of para-hydroxylation sites is 1. The van der Waals surface area contributed by atoms with E-state index in [0.717, 1.165) is 18.8 Å². The molecular formula is C16H28N2O. The number of hydrogen-bond acceptors (Lipinski definition) is 3. The lowest BCUT2D eigenvalue weighted by Crippen LogP contribution is -2.46. The minimum Gasteiger partial charge on any atom is -0.496 e. The summed E-state index contributed by atoms with van der Waals surface area (Å²) in [6, 6.07) is 8.73. The highest BCUT2D eigenvalue weighted by molar-refractivity contribution is 5.38. The largest absolute Gasteiger partial charge is 0.496 e. The van der Waals surface area contributed by atoms with Crippen molar-refractivity contribution >= 4 is 0 Å². The van der Waals surface area contributed by atoms with E-state index in [4.69, 9.17) is 4.74 Å². The molecule has 3 nitrogen and oxygen atoms in total. The minimum absolute atomic E-state index is 0.0592. The highest BCUT2D eigenvalue weighted by Crippen LogP contribution is 2.33. The fraction of sp³-hybridized carbons (Fsp3) is 0.625. The number of hydrogen-bond donors (Lipinski definition) is 1. The Kier molecular flexibility index (Phi) is 5.83. The zero-order chi connectivity index (χ0) is 14.5. The van der Waals surface area contributed by atoms with Gasteiger partial charge in [0.1, 0.15) is 5.75 Å². The van der Waals surface area contributed by atoms with E-state index in [1.54, 1.807) is 7.11 Å². The first-order chi connectivity index (χ1) is 8.93. The maximum absolute atomic E-state index is 5.49. The SMILES string of the molecule is CCN[C@@H](C)CN(C)C(C)(C)c1ccccc1OC. The molecule has 1 atom stereocenters. The van der Waals surface area contributed by atoms with Gasteiger partial charge in [-0.05, 0) is 40.4 Å². The Hall–Kier alpha value is -1.06. The van der Waals surface area contributed by atoms with Crippen molar-refractivity contribution in [1.29, 1.82) is 0 Å². The molecule has 19 heavy (non-hydrogen) atoms. The van der Waals surface area contributed by atoms with E-state index in [9.17, 15) is 0 Å². The Morgan fingerprint density at radius 2 is 1.95 bits per heavy atom. The fourth-order valence-corrected chi connectivity index (χ4v) is 2.41. The fourth-order valence-electron chi connectivity index (χ4n) is 2.41. The van der Waals surface area contributed by atoms with Crippen LogP contribution in [0.4, 0.5) is 0 Å². The first-order valence-corrected chi connectivity index (χ1v) is 7.01. The second kappa shape index (κ2) is 6.92. The molecule has 0 fully saturated rings. The molecule has 1 aromatic rings. The normalized spacial score (nSPS) is 13.6. The van der Waals surface area contributed by atoms with Gasteiger partial charge >= 0.3 is 0 Å². The van der Waals surface area contributed by atoms with Crippen LogP contribution in [0.25, 0.3) is 0 Å². The molecule has 108 valence electrons. The Bertz CT molecular complexity index is 390. The van der Waals surface area contributed by atoms with Crippen molar-refractivity contribution in [2.24, 2.45) is 0 Å². The summed E-state index contributed by atoms with van der Waals surface area (Å²) in [6.45, 7) is 10.8. The van der Waals surface area contributed by atoms with Crippen LogP contribution in [0.2, 0.25) is 0 Å². The highest BCUT2D eigenvalue weighted by atomic mass is 16.5. The van der Waals surface area contributed by atoms with Gasteiger partial charge in [0.15, 0.2) is 0 Å². The highest BCUT2D eigenvalue weighted by Gasteiger charge is 2.29. The number of methoxy groups -OCH3 is 1. The third kappa shape index (κ3) is 3.95. The van der Waals surface area contributed by atoms with Crippen molar-refractivity contribution in [2.75, 3.05) is 27.2 Å². The first-order valence-electron chi connectivity index (χ1n) is 7.01. The maximum atomic E-state index is 5.49. The number of nitrogens with zero attached hydrogens (tertiary/aromatic N) is 1. The summed E-state index contributed by atoms with van der Waals surface area (Å²) in [6.07, 6.45) is 0. The van der Waals surface area contributed by atoms with Gasteiger partial charge in [0.05, 0.1) is 7.11 Å².